The van der Waals surface area contributed by atoms with Crippen LogP contribution in [0.4, 0.5) is 13.2 Å². The zero-order chi connectivity index (χ0) is 7.49. The van der Waals surface area contributed by atoms with Crippen molar-refractivity contribution >= 4 is 0 Å². The largest absolute Gasteiger partial charge is 0.389 e. The van der Waals surface area contributed by atoms with Crippen LogP contribution < -0.4 is 0 Å². The molecule has 0 nitrogen and oxygen atoms in total. The number of hydrogen-bond donors (Lipinski definition) is 0. The third kappa shape index (κ3) is 5.66. The van der Waals surface area contributed by atoms with Crippen molar-refractivity contribution in [2.75, 3.05) is 0 Å². The van der Waals surface area contributed by atoms with E-state index in [1.54, 1.807) is 6.92 Å². The molecule has 0 heterocycles. The highest BCUT2D eigenvalue weighted by Crippen LogP contribution is 2.25. The second-order valence-electron chi connectivity index (χ2n) is 2.09. The van der Waals surface area contributed by atoms with Crippen molar-refractivity contribution in [1.82, 2.24) is 0 Å². The summed E-state index contributed by atoms with van der Waals surface area (Å²) in [5, 5.41) is 0. The summed E-state index contributed by atoms with van der Waals surface area (Å²) >= 11 is 0. The topological polar surface area (TPSA) is 0 Å². The molecule has 0 amide bonds. The van der Waals surface area contributed by atoms with Gasteiger partial charge < -0.3 is 0 Å². The molecule has 3 heteroatoms. The van der Waals surface area contributed by atoms with E-state index in [0.29, 0.717) is 6.42 Å². The molecule has 0 aromatic heterocycles. The Hall–Kier alpha value is -0.210. The van der Waals surface area contributed by atoms with E-state index in [1.165, 1.54) is 0 Å². The van der Waals surface area contributed by atoms with Crippen LogP contribution in [-0.4, -0.2) is 6.18 Å². The minimum Gasteiger partial charge on any atom is -0.171 e. The molecule has 0 saturated carbocycles. The van der Waals surface area contributed by atoms with Gasteiger partial charge in [-0.25, -0.2) is 0 Å². The van der Waals surface area contributed by atoms with Crippen LogP contribution in [0.3, 0.4) is 0 Å². The Kier molecular flexibility index (Phi) is 3.01. The van der Waals surface area contributed by atoms with Crippen LogP contribution in [0.5, 0.6) is 0 Å². The minimum atomic E-state index is -4.04. The van der Waals surface area contributed by atoms with Crippen LogP contribution in [0, 0.1) is 12.8 Å². The van der Waals surface area contributed by atoms with Gasteiger partial charge in [0.2, 0.25) is 0 Å². The molecule has 0 spiro atoms. The molecule has 1 unspecified atom stereocenters. The Morgan fingerprint density at radius 2 is 1.89 bits per heavy atom. The lowest BCUT2D eigenvalue weighted by Crippen LogP contribution is -2.12. The Morgan fingerprint density at radius 1 is 1.44 bits per heavy atom. The monoisotopic (exact) mass is 139 g/mol. The Balaban J connectivity index is 3.47. The van der Waals surface area contributed by atoms with Crippen LogP contribution in [0.2, 0.25) is 0 Å². The van der Waals surface area contributed by atoms with Crippen LogP contribution in [-0.2, 0) is 0 Å². The summed E-state index contributed by atoms with van der Waals surface area (Å²) in [7, 11) is 0. The van der Waals surface area contributed by atoms with E-state index >= 15 is 0 Å². The number of rotatable bonds is 2. The first kappa shape index (κ1) is 8.79. The van der Waals surface area contributed by atoms with Crippen molar-refractivity contribution in [2.24, 2.45) is 5.92 Å². The quantitative estimate of drug-likeness (QED) is 0.551. The van der Waals surface area contributed by atoms with Gasteiger partial charge in [-0.1, -0.05) is 13.3 Å². The predicted molar refractivity (Wildman–Crippen MR) is 29.8 cm³/mol. The summed E-state index contributed by atoms with van der Waals surface area (Å²) < 4.78 is 34.4. The highest BCUT2D eigenvalue weighted by atomic mass is 19.4. The van der Waals surface area contributed by atoms with Gasteiger partial charge in [0.05, 0.1) is 0 Å². The van der Waals surface area contributed by atoms with Crippen molar-refractivity contribution in [3.05, 3.63) is 6.92 Å². The van der Waals surface area contributed by atoms with Crippen molar-refractivity contribution in [3.8, 4) is 0 Å². The van der Waals surface area contributed by atoms with E-state index in [2.05, 4.69) is 6.92 Å². The molecule has 1 radical (unpaired) electrons. The SMILES string of the molecule is [CH2]C(CC)CC(F)(F)F. The van der Waals surface area contributed by atoms with Gasteiger partial charge in [0.15, 0.2) is 0 Å². The first-order valence-corrected chi connectivity index (χ1v) is 2.85. The van der Waals surface area contributed by atoms with E-state index in [1.807, 2.05) is 0 Å². The molecule has 0 aliphatic heterocycles. The predicted octanol–water partition coefficient (Wildman–Crippen LogP) is 2.80. The molecule has 1 atom stereocenters. The molecule has 0 aromatic carbocycles. The molecule has 9 heavy (non-hydrogen) atoms. The van der Waals surface area contributed by atoms with Crippen molar-refractivity contribution < 1.29 is 13.2 Å². The molecule has 0 aromatic rings. The van der Waals surface area contributed by atoms with Crippen LogP contribution >= 0.6 is 0 Å². The summed E-state index contributed by atoms with van der Waals surface area (Å²) in [6, 6.07) is 0. The van der Waals surface area contributed by atoms with Crippen LogP contribution in [0.15, 0.2) is 0 Å². The maximum Gasteiger partial charge on any atom is 0.389 e. The average molecular weight is 139 g/mol. The number of hydrogen-bond acceptors (Lipinski definition) is 0. The molecule has 0 fully saturated rings. The standard InChI is InChI=1S/C6H10F3/c1-3-5(2)4-6(7,8)9/h5H,2-4H2,1H3. The van der Waals surface area contributed by atoms with Gasteiger partial charge in [-0.15, -0.1) is 0 Å². The second-order valence-corrected chi connectivity index (χ2v) is 2.09. The summed E-state index contributed by atoms with van der Waals surface area (Å²) in [6.45, 7) is 5.02. The fourth-order valence-corrected chi connectivity index (χ4v) is 0.472. The Morgan fingerprint density at radius 3 is 2.00 bits per heavy atom. The van der Waals surface area contributed by atoms with Gasteiger partial charge in [-0.05, 0) is 12.8 Å². The molecular formula is C6H10F3. The van der Waals surface area contributed by atoms with E-state index in [4.69, 9.17) is 0 Å². The van der Waals surface area contributed by atoms with Gasteiger partial charge in [-0.3, -0.25) is 0 Å². The van der Waals surface area contributed by atoms with E-state index < -0.39 is 18.5 Å². The first-order chi connectivity index (χ1) is 3.95. The molecule has 0 rings (SSSR count). The summed E-state index contributed by atoms with van der Waals surface area (Å²) in [4.78, 5) is 0. The lowest BCUT2D eigenvalue weighted by atomic mass is 10.1. The summed E-state index contributed by atoms with van der Waals surface area (Å²) in [6.07, 6.45) is -4.31. The number of alkyl halides is 3. The van der Waals surface area contributed by atoms with E-state index in [9.17, 15) is 13.2 Å². The minimum absolute atomic E-state index is 0.481. The van der Waals surface area contributed by atoms with Gasteiger partial charge in [0.1, 0.15) is 0 Å². The maximum atomic E-state index is 11.5. The van der Waals surface area contributed by atoms with Crippen molar-refractivity contribution in [1.29, 1.82) is 0 Å². The molecule has 0 bridgehead atoms. The van der Waals surface area contributed by atoms with Gasteiger partial charge in [-0.2, -0.15) is 13.2 Å². The molecule has 0 N–H and O–H groups in total. The lowest BCUT2D eigenvalue weighted by molar-refractivity contribution is -0.141. The average Bonchev–Trinajstić information content (AvgIpc) is 1.62. The Labute approximate surface area is 53.1 Å². The summed E-state index contributed by atoms with van der Waals surface area (Å²) in [5.41, 5.74) is 0. The zero-order valence-electron chi connectivity index (χ0n) is 5.33. The highest BCUT2D eigenvalue weighted by molar-refractivity contribution is 4.63. The summed E-state index contributed by atoms with van der Waals surface area (Å²) in [5.74, 6) is -0.481. The van der Waals surface area contributed by atoms with E-state index in [0.717, 1.165) is 0 Å². The lowest BCUT2D eigenvalue weighted by Gasteiger charge is -2.10. The number of halogens is 3. The first-order valence-electron chi connectivity index (χ1n) is 2.85. The zero-order valence-corrected chi connectivity index (χ0v) is 5.33. The Bertz CT molecular complexity index is 74.9. The third-order valence-electron chi connectivity index (χ3n) is 1.10. The molecular weight excluding hydrogens is 129 g/mol. The smallest absolute Gasteiger partial charge is 0.171 e. The highest BCUT2D eigenvalue weighted by Gasteiger charge is 2.28. The molecule has 0 aliphatic rings. The third-order valence-corrected chi connectivity index (χ3v) is 1.10. The van der Waals surface area contributed by atoms with Gasteiger partial charge >= 0.3 is 6.18 Å². The van der Waals surface area contributed by atoms with Crippen LogP contribution in [0.1, 0.15) is 19.8 Å². The fraction of sp³-hybridized carbons (Fsp3) is 0.833. The fourth-order valence-electron chi connectivity index (χ4n) is 0.472. The molecule has 55 valence electrons. The molecule has 0 aliphatic carbocycles. The maximum absolute atomic E-state index is 11.5. The van der Waals surface area contributed by atoms with Crippen molar-refractivity contribution in [2.45, 2.75) is 25.9 Å². The normalized spacial score (nSPS) is 15.7. The van der Waals surface area contributed by atoms with E-state index in [-0.39, 0.29) is 0 Å². The van der Waals surface area contributed by atoms with Gasteiger partial charge in [0, 0.05) is 6.42 Å². The second kappa shape index (κ2) is 3.08. The van der Waals surface area contributed by atoms with Crippen LogP contribution in [0.25, 0.3) is 0 Å². The van der Waals surface area contributed by atoms with Gasteiger partial charge in [0.25, 0.3) is 0 Å². The molecule has 0 saturated heterocycles. The van der Waals surface area contributed by atoms with Crippen molar-refractivity contribution in [3.63, 3.8) is 0 Å².